The lowest BCUT2D eigenvalue weighted by Gasteiger charge is -2.06. The van der Waals surface area contributed by atoms with Crippen LogP contribution in [0.2, 0.25) is 0 Å². The molecule has 7 heteroatoms. The number of rotatable bonds is 4. The Hall–Kier alpha value is -2.70. The van der Waals surface area contributed by atoms with Gasteiger partial charge in [0.15, 0.2) is 0 Å². The van der Waals surface area contributed by atoms with Gasteiger partial charge in [-0.25, -0.2) is 9.18 Å². The number of benzene rings is 1. The predicted molar refractivity (Wildman–Crippen MR) is 69.0 cm³/mol. The monoisotopic (exact) mass is 277 g/mol. The van der Waals surface area contributed by atoms with Crippen molar-refractivity contribution in [1.29, 1.82) is 0 Å². The van der Waals surface area contributed by atoms with Crippen LogP contribution in [0.3, 0.4) is 0 Å². The minimum atomic E-state index is -1.11. The Morgan fingerprint density at radius 1 is 1.45 bits per heavy atom. The molecule has 2 aromatic rings. The Labute approximate surface area is 113 Å². The van der Waals surface area contributed by atoms with Crippen LogP contribution < -0.4 is 5.32 Å². The maximum atomic E-state index is 13.3. The molecule has 0 radical (unpaired) electrons. The maximum absolute atomic E-state index is 13.3. The van der Waals surface area contributed by atoms with Crippen molar-refractivity contribution >= 4 is 17.6 Å². The highest BCUT2D eigenvalue weighted by Gasteiger charge is 2.09. The fourth-order valence-electron chi connectivity index (χ4n) is 1.58. The number of aryl methyl sites for hydroxylation is 1. The van der Waals surface area contributed by atoms with Crippen LogP contribution in [-0.2, 0) is 11.3 Å². The molecule has 2 rings (SSSR count). The van der Waals surface area contributed by atoms with Crippen LogP contribution >= 0.6 is 0 Å². The largest absolute Gasteiger partial charge is 0.478 e. The van der Waals surface area contributed by atoms with Crippen LogP contribution in [0.25, 0.3) is 0 Å². The topological polar surface area (TPSA) is 84.2 Å². The van der Waals surface area contributed by atoms with E-state index in [2.05, 4.69) is 10.4 Å². The van der Waals surface area contributed by atoms with Crippen molar-refractivity contribution in [3.05, 3.63) is 47.5 Å². The second-order valence-corrected chi connectivity index (χ2v) is 4.24. The van der Waals surface area contributed by atoms with E-state index in [1.807, 2.05) is 0 Å². The number of carboxylic acid groups (broad SMARTS) is 1. The Morgan fingerprint density at radius 2 is 2.20 bits per heavy atom. The van der Waals surface area contributed by atoms with Gasteiger partial charge in [-0.05, 0) is 24.6 Å². The molecule has 0 saturated carbocycles. The summed E-state index contributed by atoms with van der Waals surface area (Å²) in [6.07, 6.45) is 2.40. The SMILES string of the molecule is Cc1ccc(NC(=O)Cn2cc(C(=O)O)cn2)cc1F. The number of nitrogens with one attached hydrogen (secondary N) is 1. The Balaban J connectivity index is 2.01. The van der Waals surface area contributed by atoms with Gasteiger partial charge in [-0.15, -0.1) is 0 Å². The molecule has 0 spiro atoms. The number of carbonyl (C=O) groups excluding carboxylic acids is 1. The van der Waals surface area contributed by atoms with E-state index in [-0.39, 0.29) is 12.1 Å². The van der Waals surface area contributed by atoms with Gasteiger partial charge in [0, 0.05) is 11.9 Å². The summed E-state index contributed by atoms with van der Waals surface area (Å²) < 4.78 is 14.5. The Kier molecular flexibility index (Phi) is 3.79. The third-order valence-corrected chi connectivity index (χ3v) is 2.64. The van der Waals surface area contributed by atoms with Crippen LogP contribution in [0, 0.1) is 12.7 Å². The van der Waals surface area contributed by atoms with Crippen molar-refractivity contribution in [2.24, 2.45) is 0 Å². The normalized spacial score (nSPS) is 10.3. The van der Waals surface area contributed by atoms with Crippen molar-refractivity contribution in [3.8, 4) is 0 Å². The van der Waals surface area contributed by atoms with Crippen molar-refractivity contribution < 1.29 is 19.1 Å². The number of hydrogen-bond acceptors (Lipinski definition) is 3. The molecule has 1 aromatic heterocycles. The number of carbonyl (C=O) groups is 2. The molecular weight excluding hydrogens is 265 g/mol. The fourth-order valence-corrected chi connectivity index (χ4v) is 1.58. The molecule has 0 unspecified atom stereocenters. The fraction of sp³-hybridized carbons (Fsp3) is 0.154. The molecule has 1 heterocycles. The number of aromatic carboxylic acids is 1. The molecule has 0 aliphatic heterocycles. The highest BCUT2D eigenvalue weighted by molar-refractivity contribution is 5.91. The summed E-state index contributed by atoms with van der Waals surface area (Å²) in [5, 5.41) is 15.0. The summed E-state index contributed by atoms with van der Waals surface area (Å²) in [6.45, 7) is 1.47. The maximum Gasteiger partial charge on any atom is 0.338 e. The Bertz CT molecular complexity index is 667. The van der Waals surface area contributed by atoms with E-state index in [0.29, 0.717) is 11.3 Å². The van der Waals surface area contributed by atoms with Crippen molar-refractivity contribution in [3.63, 3.8) is 0 Å². The summed E-state index contributed by atoms with van der Waals surface area (Å²) in [4.78, 5) is 22.4. The zero-order valence-corrected chi connectivity index (χ0v) is 10.6. The molecule has 0 fully saturated rings. The molecule has 20 heavy (non-hydrogen) atoms. The molecule has 0 atom stereocenters. The van der Waals surface area contributed by atoms with E-state index in [1.54, 1.807) is 19.1 Å². The standard InChI is InChI=1S/C13H12FN3O3/c1-8-2-3-10(4-11(8)14)16-12(18)7-17-6-9(5-15-17)13(19)20/h2-6H,7H2,1H3,(H,16,18)(H,19,20). The molecular formula is C13H12FN3O3. The molecule has 2 N–H and O–H groups in total. The smallest absolute Gasteiger partial charge is 0.338 e. The van der Waals surface area contributed by atoms with Gasteiger partial charge < -0.3 is 10.4 Å². The lowest BCUT2D eigenvalue weighted by molar-refractivity contribution is -0.116. The third kappa shape index (κ3) is 3.19. The molecule has 6 nitrogen and oxygen atoms in total. The number of nitrogens with zero attached hydrogens (tertiary/aromatic N) is 2. The number of halogens is 1. The first-order valence-corrected chi connectivity index (χ1v) is 5.77. The third-order valence-electron chi connectivity index (χ3n) is 2.64. The van der Waals surface area contributed by atoms with Gasteiger partial charge in [0.2, 0.25) is 5.91 Å². The van der Waals surface area contributed by atoms with Crippen molar-refractivity contribution in [2.45, 2.75) is 13.5 Å². The molecule has 104 valence electrons. The van der Waals surface area contributed by atoms with Crippen molar-refractivity contribution in [1.82, 2.24) is 9.78 Å². The number of hydrogen-bond donors (Lipinski definition) is 2. The first-order valence-electron chi connectivity index (χ1n) is 5.77. The zero-order valence-electron chi connectivity index (χ0n) is 10.6. The molecule has 1 aromatic carbocycles. The van der Waals surface area contributed by atoms with E-state index >= 15 is 0 Å². The van der Waals surface area contributed by atoms with Crippen LogP contribution in [-0.4, -0.2) is 26.8 Å². The first kappa shape index (κ1) is 13.7. The van der Waals surface area contributed by atoms with Gasteiger partial charge in [-0.2, -0.15) is 5.10 Å². The summed E-state index contributed by atoms with van der Waals surface area (Å²) in [6, 6.07) is 4.36. The van der Waals surface area contributed by atoms with Gasteiger partial charge in [0.1, 0.15) is 12.4 Å². The summed E-state index contributed by atoms with van der Waals surface area (Å²) in [7, 11) is 0. The first-order chi connectivity index (χ1) is 9.45. The quantitative estimate of drug-likeness (QED) is 0.890. The summed E-state index contributed by atoms with van der Waals surface area (Å²) in [5.41, 5.74) is 0.823. The summed E-state index contributed by atoms with van der Waals surface area (Å²) >= 11 is 0. The average Bonchev–Trinajstić information content (AvgIpc) is 2.82. The Morgan fingerprint density at radius 3 is 2.80 bits per heavy atom. The summed E-state index contributed by atoms with van der Waals surface area (Å²) in [5.74, 6) is -1.94. The second kappa shape index (κ2) is 5.52. The van der Waals surface area contributed by atoms with Crippen LogP contribution in [0.15, 0.2) is 30.6 Å². The number of carboxylic acids is 1. The van der Waals surface area contributed by atoms with Gasteiger partial charge in [0.25, 0.3) is 0 Å². The van der Waals surface area contributed by atoms with Gasteiger partial charge in [-0.3, -0.25) is 9.48 Å². The second-order valence-electron chi connectivity index (χ2n) is 4.24. The predicted octanol–water partition coefficient (Wildman–Crippen LogP) is 1.67. The van der Waals surface area contributed by atoms with Crippen molar-refractivity contribution in [2.75, 3.05) is 5.32 Å². The van der Waals surface area contributed by atoms with Gasteiger partial charge in [0.05, 0.1) is 11.8 Å². The van der Waals surface area contributed by atoms with Crippen LogP contribution in [0.5, 0.6) is 0 Å². The molecule has 1 amide bonds. The van der Waals surface area contributed by atoms with Gasteiger partial charge >= 0.3 is 5.97 Å². The molecule has 0 bridgehead atoms. The van der Waals surface area contributed by atoms with E-state index in [9.17, 15) is 14.0 Å². The highest BCUT2D eigenvalue weighted by Crippen LogP contribution is 2.13. The van der Waals surface area contributed by atoms with E-state index in [1.165, 1.54) is 16.9 Å². The lowest BCUT2D eigenvalue weighted by Crippen LogP contribution is -2.19. The van der Waals surface area contributed by atoms with Crippen LogP contribution in [0.1, 0.15) is 15.9 Å². The van der Waals surface area contributed by atoms with E-state index in [4.69, 9.17) is 5.11 Å². The molecule has 0 saturated heterocycles. The average molecular weight is 277 g/mol. The number of aromatic nitrogens is 2. The molecule has 0 aliphatic rings. The van der Waals surface area contributed by atoms with Gasteiger partial charge in [-0.1, -0.05) is 6.07 Å². The van der Waals surface area contributed by atoms with Crippen LogP contribution in [0.4, 0.5) is 10.1 Å². The highest BCUT2D eigenvalue weighted by atomic mass is 19.1. The molecule has 0 aliphatic carbocycles. The lowest BCUT2D eigenvalue weighted by atomic mass is 10.2. The minimum absolute atomic E-state index is 0.000759. The van der Waals surface area contributed by atoms with E-state index < -0.39 is 17.7 Å². The minimum Gasteiger partial charge on any atom is -0.478 e. The van der Waals surface area contributed by atoms with E-state index in [0.717, 1.165) is 6.20 Å². The number of amides is 1. The number of anilines is 1. The zero-order chi connectivity index (χ0) is 14.7.